The molecule has 0 saturated carbocycles. The molecule has 2 heteroatoms. The van der Waals surface area contributed by atoms with Gasteiger partial charge in [-0.15, -0.1) is 0 Å². The van der Waals surface area contributed by atoms with Gasteiger partial charge >= 0.3 is 0 Å². The number of ether oxygens (including phenoxy) is 1. The predicted octanol–water partition coefficient (Wildman–Crippen LogP) is 2.31. The number of methoxy groups -OCH3 is 1. The summed E-state index contributed by atoms with van der Waals surface area (Å²) < 4.78 is 7.72. The van der Waals surface area contributed by atoms with Gasteiger partial charge in [-0.3, -0.25) is 0 Å². The van der Waals surface area contributed by atoms with E-state index < -0.39 is 0 Å². The summed E-state index contributed by atoms with van der Waals surface area (Å²) >= 11 is 0. The minimum atomic E-state index is 0.961. The lowest BCUT2D eigenvalue weighted by atomic mass is 10.1. The molecule has 0 N–H and O–H groups in total. The van der Waals surface area contributed by atoms with Crippen LogP contribution in [0.15, 0.2) is 24.3 Å². The third-order valence-corrected chi connectivity index (χ3v) is 2.85. The maximum Gasteiger partial charge on any atom is 0.174 e. The van der Waals surface area contributed by atoms with Gasteiger partial charge in [0.05, 0.1) is 12.7 Å². The van der Waals surface area contributed by atoms with Crippen molar-refractivity contribution in [2.75, 3.05) is 20.2 Å². The molecule has 1 saturated heterocycles. The quantitative estimate of drug-likeness (QED) is 0.673. The first-order valence-corrected chi connectivity index (χ1v) is 5.62. The van der Waals surface area contributed by atoms with Crippen molar-refractivity contribution in [3.8, 4) is 5.75 Å². The molecule has 0 amide bonds. The van der Waals surface area contributed by atoms with Gasteiger partial charge in [0.2, 0.25) is 0 Å². The van der Waals surface area contributed by atoms with E-state index in [1.807, 2.05) is 12.1 Å². The summed E-state index contributed by atoms with van der Waals surface area (Å²) in [5.74, 6) is 0.961. The van der Waals surface area contributed by atoms with Crippen LogP contribution in [-0.2, 0) is 0 Å². The summed E-state index contributed by atoms with van der Waals surface area (Å²) in [4.78, 5) is 0. The second kappa shape index (κ2) is 4.96. The zero-order valence-electron chi connectivity index (χ0n) is 9.28. The number of hydrogen-bond acceptors (Lipinski definition) is 1. The van der Waals surface area contributed by atoms with E-state index in [0.29, 0.717) is 0 Å². The molecular formula is C13H18NO+. The van der Waals surface area contributed by atoms with Crippen LogP contribution in [0.5, 0.6) is 5.75 Å². The van der Waals surface area contributed by atoms with Crippen LogP contribution in [-0.4, -0.2) is 31.0 Å². The van der Waals surface area contributed by atoms with Gasteiger partial charge in [-0.25, -0.2) is 4.58 Å². The van der Waals surface area contributed by atoms with E-state index in [2.05, 4.69) is 22.9 Å². The predicted molar refractivity (Wildman–Crippen MR) is 62.0 cm³/mol. The molecule has 0 atom stereocenters. The molecule has 0 radical (unpaired) electrons. The largest absolute Gasteiger partial charge is 0.496 e. The van der Waals surface area contributed by atoms with Gasteiger partial charge in [0.15, 0.2) is 6.21 Å². The van der Waals surface area contributed by atoms with Crippen molar-refractivity contribution in [2.24, 2.45) is 0 Å². The SMILES string of the molecule is COc1ccccc1C=[N+]1CCCCC1. The van der Waals surface area contributed by atoms with E-state index in [0.717, 1.165) is 5.75 Å². The zero-order valence-corrected chi connectivity index (χ0v) is 9.28. The second-order valence-corrected chi connectivity index (χ2v) is 3.97. The van der Waals surface area contributed by atoms with Crippen LogP contribution in [0.25, 0.3) is 0 Å². The smallest absolute Gasteiger partial charge is 0.174 e. The Balaban J connectivity index is 2.21. The fourth-order valence-corrected chi connectivity index (χ4v) is 2.02. The zero-order chi connectivity index (χ0) is 10.5. The van der Waals surface area contributed by atoms with E-state index in [-0.39, 0.29) is 0 Å². The molecule has 0 unspecified atom stereocenters. The summed E-state index contributed by atoms with van der Waals surface area (Å²) in [5, 5.41) is 0. The topological polar surface area (TPSA) is 12.2 Å². The lowest BCUT2D eigenvalue weighted by molar-refractivity contribution is -0.532. The molecule has 80 valence electrons. The average Bonchev–Trinajstić information content (AvgIpc) is 2.31. The third kappa shape index (κ3) is 2.58. The minimum absolute atomic E-state index is 0.961. The number of benzene rings is 1. The molecule has 2 rings (SSSR count). The highest BCUT2D eigenvalue weighted by atomic mass is 16.5. The van der Waals surface area contributed by atoms with Crippen LogP contribution in [0.3, 0.4) is 0 Å². The van der Waals surface area contributed by atoms with Gasteiger partial charge in [0.25, 0.3) is 0 Å². The molecule has 0 bridgehead atoms. The van der Waals surface area contributed by atoms with Crippen molar-refractivity contribution in [3.05, 3.63) is 29.8 Å². The fourth-order valence-electron chi connectivity index (χ4n) is 2.02. The number of rotatable bonds is 2. The molecule has 0 aliphatic carbocycles. The normalized spacial score (nSPS) is 16.2. The van der Waals surface area contributed by atoms with Crippen LogP contribution in [0.1, 0.15) is 24.8 Å². The van der Waals surface area contributed by atoms with Crippen molar-refractivity contribution in [3.63, 3.8) is 0 Å². The van der Waals surface area contributed by atoms with E-state index in [4.69, 9.17) is 4.74 Å². The highest BCUT2D eigenvalue weighted by Crippen LogP contribution is 2.15. The fraction of sp³-hybridized carbons (Fsp3) is 0.462. The van der Waals surface area contributed by atoms with Crippen LogP contribution in [0.4, 0.5) is 0 Å². The summed E-state index contributed by atoms with van der Waals surface area (Å²) in [6.07, 6.45) is 6.21. The minimum Gasteiger partial charge on any atom is -0.496 e. The molecule has 1 aromatic rings. The highest BCUT2D eigenvalue weighted by molar-refractivity contribution is 5.79. The second-order valence-electron chi connectivity index (χ2n) is 3.97. The number of para-hydroxylation sites is 1. The van der Waals surface area contributed by atoms with E-state index in [9.17, 15) is 0 Å². The Bertz CT molecular complexity index is 349. The van der Waals surface area contributed by atoms with Gasteiger partial charge in [-0.1, -0.05) is 12.1 Å². The van der Waals surface area contributed by atoms with E-state index >= 15 is 0 Å². The van der Waals surface area contributed by atoms with Crippen LogP contribution in [0.2, 0.25) is 0 Å². The van der Waals surface area contributed by atoms with Crippen molar-refractivity contribution >= 4 is 6.21 Å². The first-order chi connectivity index (χ1) is 7.40. The molecule has 0 aromatic heterocycles. The summed E-state index contributed by atoms with van der Waals surface area (Å²) in [7, 11) is 1.73. The monoisotopic (exact) mass is 204 g/mol. The lowest BCUT2D eigenvalue weighted by Gasteiger charge is -2.10. The van der Waals surface area contributed by atoms with Crippen molar-refractivity contribution in [2.45, 2.75) is 19.3 Å². The van der Waals surface area contributed by atoms with Crippen molar-refractivity contribution in [1.29, 1.82) is 0 Å². The third-order valence-electron chi connectivity index (χ3n) is 2.85. The summed E-state index contributed by atoms with van der Waals surface area (Å²) in [5.41, 5.74) is 1.18. The number of hydrogen-bond donors (Lipinski definition) is 0. The standard InChI is InChI=1S/C13H18NO/c1-15-13-8-4-3-7-12(13)11-14-9-5-2-6-10-14/h3-4,7-8,11H,2,5-6,9-10H2,1H3/q+1. The lowest BCUT2D eigenvalue weighted by Crippen LogP contribution is -2.21. The molecule has 15 heavy (non-hydrogen) atoms. The van der Waals surface area contributed by atoms with Crippen molar-refractivity contribution in [1.82, 2.24) is 0 Å². The van der Waals surface area contributed by atoms with Gasteiger partial charge < -0.3 is 4.74 Å². The molecule has 1 aliphatic rings. The Hall–Kier alpha value is -1.31. The summed E-state index contributed by atoms with van der Waals surface area (Å²) in [6, 6.07) is 8.17. The average molecular weight is 204 g/mol. The van der Waals surface area contributed by atoms with E-state index in [1.54, 1.807) is 7.11 Å². The number of piperidine rings is 1. The van der Waals surface area contributed by atoms with Crippen LogP contribution >= 0.6 is 0 Å². The maximum absolute atomic E-state index is 5.33. The molecule has 1 aliphatic heterocycles. The van der Waals surface area contributed by atoms with Crippen LogP contribution in [0, 0.1) is 0 Å². The molecule has 1 heterocycles. The Kier molecular flexibility index (Phi) is 3.38. The van der Waals surface area contributed by atoms with Gasteiger partial charge in [0, 0.05) is 12.8 Å². The maximum atomic E-state index is 5.33. The van der Waals surface area contributed by atoms with Gasteiger partial charge in [0.1, 0.15) is 18.8 Å². The molecule has 2 nitrogen and oxygen atoms in total. The Labute approximate surface area is 91.2 Å². The van der Waals surface area contributed by atoms with E-state index in [1.165, 1.54) is 37.9 Å². The first kappa shape index (κ1) is 10.2. The van der Waals surface area contributed by atoms with Crippen LogP contribution < -0.4 is 4.74 Å². The Morgan fingerprint density at radius 1 is 1.13 bits per heavy atom. The molecule has 0 spiro atoms. The van der Waals surface area contributed by atoms with Gasteiger partial charge in [-0.2, -0.15) is 0 Å². The Morgan fingerprint density at radius 2 is 1.87 bits per heavy atom. The van der Waals surface area contributed by atoms with Crippen molar-refractivity contribution < 1.29 is 9.31 Å². The highest BCUT2D eigenvalue weighted by Gasteiger charge is 2.11. The number of nitrogens with zero attached hydrogens (tertiary/aromatic N) is 1. The Morgan fingerprint density at radius 3 is 2.60 bits per heavy atom. The molecule has 1 fully saturated rings. The first-order valence-electron chi connectivity index (χ1n) is 5.62. The molecule has 1 aromatic carbocycles. The molecular weight excluding hydrogens is 186 g/mol. The van der Waals surface area contributed by atoms with Gasteiger partial charge in [-0.05, 0) is 18.6 Å². The summed E-state index contributed by atoms with van der Waals surface area (Å²) in [6.45, 7) is 2.36.